The first kappa shape index (κ1) is 12.8. The van der Waals surface area contributed by atoms with Crippen molar-refractivity contribution in [2.45, 2.75) is 12.8 Å². The number of aromatic nitrogens is 1. The van der Waals surface area contributed by atoms with E-state index >= 15 is 0 Å². The Morgan fingerprint density at radius 3 is 2.94 bits per heavy atom. The monoisotopic (exact) mass is 248 g/mol. The first-order chi connectivity index (χ1) is 8.65. The van der Waals surface area contributed by atoms with Crippen LogP contribution in [-0.2, 0) is 4.79 Å². The normalized spacial score (nSPS) is 18.7. The van der Waals surface area contributed by atoms with Crippen LogP contribution in [0.5, 0.6) is 0 Å². The van der Waals surface area contributed by atoms with Gasteiger partial charge in [-0.2, -0.15) is 0 Å². The van der Waals surface area contributed by atoms with Gasteiger partial charge < -0.3 is 15.5 Å². The van der Waals surface area contributed by atoms with Gasteiger partial charge in [-0.15, -0.1) is 0 Å². The predicted octanol–water partition coefficient (Wildman–Crippen LogP) is 1.09. The van der Waals surface area contributed by atoms with Crippen LogP contribution in [0.3, 0.4) is 0 Å². The summed E-state index contributed by atoms with van der Waals surface area (Å²) in [5.41, 5.74) is 0.761. The van der Waals surface area contributed by atoms with Gasteiger partial charge in [0.25, 0.3) is 0 Å². The first-order valence-corrected chi connectivity index (χ1v) is 6.29. The number of hydrogen-bond acceptors (Lipinski definition) is 4. The van der Waals surface area contributed by atoms with Gasteiger partial charge in [0.1, 0.15) is 5.82 Å². The van der Waals surface area contributed by atoms with Crippen molar-refractivity contribution >= 4 is 17.4 Å². The molecule has 2 heterocycles. The highest BCUT2D eigenvalue weighted by Gasteiger charge is 2.17. The number of nitrogens with one attached hydrogen (secondary N) is 2. The van der Waals surface area contributed by atoms with E-state index < -0.39 is 0 Å². The number of pyridine rings is 1. The summed E-state index contributed by atoms with van der Waals surface area (Å²) in [5, 5.41) is 6.15. The van der Waals surface area contributed by atoms with E-state index in [2.05, 4.69) is 15.6 Å². The maximum absolute atomic E-state index is 11.8. The summed E-state index contributed by atoms with van der Waals surface area (Å²) in [7, 11) is 3.88. The third-order valence-corrected chi connectivity index (χ3v) is 3.13. The highest BCUT2D eigenvalue weighted by molar-refractivity contribution is 5.90. The van der Waals surface area contributed by atoms with E-state index in [1.807, 2.05) is 31.1 Å². The lowest BCUT2D eigenvalue weighted by molar-refractivity contribution is -0.116. The second kappa shape index (κ2) is 5.82. The van der Waals surface area contributed by atoms with Crippen LogP contribution >= 0.6 is 0 Å². The molecule has 0 radical (unpaired) electrons. The zero-order valence-electron chi connectivity index (χ0n) is 10.9. The fraction of sp³-hybridized carbons (Fsp3) is 0.538. The fourth-order valence-corrected chi connectivity index (χ4v) is 2.09. The lowest BCUT2D eigenvalue weighted by Crippen LogP contribution is -2.18. The molecule has 1 aromatic heterocycles. The molecular weight excluding hydrogens is 228 g/mol. The second-order valence-corrected chi connectivity index (χ2v) is 4.91. The molecule has 1 aliphatic heterocycles. The summed E-state index contributed by atoms with van der Waals surface area (Å²) < 4.78 is 0. The Morgan fingerprint density at radius 2 is 2.39 bits per heavy atom. The van der Waals surface area contributed by atoms with Crippen molar-refractivity contribution in [2.75, 3.05) is 37.4 Å². The highest BCUT2D eigenvalue weighted by atomic mass is 16.1. The Hall–Kier alpha value is -1.62. The minimum absolute atomic E-state index is 0.0723. The summed E-state index contributed by atoms with van der Waals surface area (Å²) in [6, 6.07) is 3.78. The van der Waals surface area contributed by atoms with Gasteiger partial charge in [-0.3, -0.25) is 4.79 Å². The molecule has 1 unspecified atom stereocenters. The smallest absolute Gasteiger partial charge is 0.224 e. The molecule has 2 rings (SSSR count). The molecule has 1 amide bonds. The zero-order valence-corrected chi connectivity index (χ0v) is 10.9. The third kappa shape index (κ3) is 3.43. The van der Waals surface area contributed by atoms with Crippen molar-refractivity contribution in [3.05, 3.63) is 18.3 Å². The molecule has 0 aromatic carbocycles. The summed E-state index contributed by atoms with van der Waals surface area (Å²) >= 11 is 0. The summed E-state index contributed by atoms with van der Waals surface area (Å²) in [6.07, 6.45) is 3.37. The number of amides is 1. The van der Waals surface area contributed by atoms with Crippen LogP contribution in [0.1, 0.15) is 12.8 Å². The number of carbonyl (C=O) groups excluding carboxylic acids is 1. The third-order valence-electron chi connectivity index (χ3n) is 3.13. The molecule has 1 aliphatic rings. The number of hydrogen-bond donors (Lipinski definition) is 2. The van der Waals surface area contributed by atoms with E-state index in [0.717, 1.165) is 31.0 Å². The molecule has 5 heteroatoms. The van der Waals surface area contributed by atoms with E-state index in [0.29, 0.717) is 12.3 Å². The summed E-state index contributed by atoms with van der Waals surface area (Å²) in [6.45, 7) is 1.97. The molecule has 0 aliphatic carbocycles. The molecule has 1 atom stereocenters. The van der Waals surface area contributed by atoms with E-state index in [4.69, 9.17) is 0 Å². The molecule has 1 saturated heterocycles. The van der Waals surface area contributed by atoms with Gasteiger partial charge in [0.15, 0.2) is 0 Å². The molecule has 1 fully saturated rings. The molecule has 0 saturated carbocycles. The Kier molecular flexibility index (Phi) is 4.15. The van der Waals surface area contributed by atoms with Gasteiger partial charge in [0.2, 0.25) is 5.91 Å². The second-order valence-electron chi connectivity index (χ2n) is 4.91. The molecule has 0 bridgehead atoms. The van der Waals surface area contributed by atoms with Crippen LogP contribution in [0.15, 0.2) is 18.3 Å². The molecule has 1 aromatic rings. The number of carbonyl (C=O) groups is 1. The lowest BCUT2D eigenvalue weighted by atomic mass is 10.0. The van der Waals surface area contributed by atoms with Crippen LogP contribution in [-0.4, -0.2) is 38.1 Å². The topological polar surface area (TPSA) is 57.3 Å². The average Bonchev–Trinajstić information content (AvgIpc) is 2.82. The Labute approximate surface area is 108 Å². The van der Waals surface area contributed by atoms with Crippen molar-refractivity contribution in [2.24, 2.45) is 5.92 Å². The Bertz CT molecular complexity index is 396. The maximum Gasteiger partial charge on any atom is 0.224 e. The molecule has 5 nitrogen and oxygen atoms in total. The number of rotatable bonds is 4. The van der Waals surface area contributed by atoms with Gasteiger partial charge in [-0.25, -0.2) is 4.98 Å². The molecule has 0 spiro atoms. The van der Waals surface area contributed by atoms with Crippen molar-refractivity contribution < 1.29 is 4.79 Å². The maximum atomic E-state index is 11.8. The van der Waals surface area contributed by atoms with Crippen molar-refractivity contribution in [3.63, 3.8) is 0 Å². The summed E-state index contributed by atoms with van der Waals surface area (Å²) in [5.74, 6) is 1.43. The van der Waals surface area contributed by atoms with Gasteiger partial charge in [-0.1, -0.05) is 0 Å². The number of anilines is 2. The van der Waals surface area contributed by atoms with Crippen LogP contribution in [0.25, 0.3) is 0 Å². The predicted molar refractivity (Wildman–Crippen MR) is 72.8 cm³/mol. The largest absolute Gasteiger partial charge is 0.363 e. The van der Waals surface area contributed by atoms with Gasteiger partial charge in [-0.05, 0) is 37.6 Å². The van der Waals surface area contributed by atoms with Crippen molar-refractivity contribution in [1.82, 2.24) is 10.3 Å². The quantitative estimate of drug-likeness (QED) is 0.837. The van der Waals surface area contributed by atoms with Gasteiger partial charge in [0.05, 0.1) is 11.9 Å². The Morgan fingerprint density at radius 1 is 1.56 bits per heavy atom. The van der Waals surface area contributed by atoms with E-state index in [1.165, 1.54) is 0 Å². The molecule has 18 heavy (non-hydrogen) atoms. The standard InChI is InChI=1S/C13H20N4O/c1-17(2)12-4-3-11(9-15-12)16-13(18)7-10-5-6-14-8-10/h3-4,9-10,14H,5-8H2,1-2H3,(H,16,18). The van der Waals surface area contributed by atoms with E-state index in [-0.39, 0.29) is 5.91 Å². The lowest BCUT2D eigenvalue weighted by Gasteiger charge is -2.12. The van der Waals surface area contributed by atoms with Crippen molar-refractivity contribution in [1.29, 1.82) is 0 Å². The average molecular weight is 248 g/mol. The minimum Gasteiger partial charge on any atom is -0.363 e. The first-order valence-electron chi connectivity index (χ1n) is 6.29. The van der Waals surface area contributed by atoms with Crippen LogP contribution in [0.4, 0.5) is 11.5 Å². The number of nitrogens with zero attached hydrogens (tertiary/aromatic N) is 2. The molecular formula is C13H20N4O. The summed E-state index contributed by atoms with van der Waals surface area (Å²) in [4.78, 5) is 18.0. The van der Waals surface area contributed by atoms with Crippen molar-refractivity contribution in [3.8, 4) is 0 Å². The van der Waals surface area contributed by atoms with E-state index in [1.54, 1.807) is 6.20 Å². The highest BCUT2D eigenvalue weighted by Crippen LogP contribution is 2.15. The van der Waals surface area contributed by atoms with E-state index in [9.17, 15) is 4.79 Å². The SMILES string of the molecule is CN(C)c1ccc(NC(=O)CC2CCNC2)cn1. The van der Waals surface area contributed by atoms with Crippen LogP contribution < -0.4 is 15.5 Å². The molecule has 2 N–H and O–H groups in total. The van der Waals surface area contributed by atoms with Gasteiger partial charge >= 0.3 is 0 Å². The van der Waals surface area contributed by atoms with Crippen LogP contribution in [0.2, 0.25) is 0 Å². The van der Waals surface area contributed by atoms with Crippen LogP contribution in [0, 0.1) is 5.92 Å². The zero-order chi connectivity index (χ0) is 13.0. The fourth-order valence-electron chi connectivity index (χ4n) is 2.09. The molecule has 98 valence electrons. The van der Waals surface area contributed by atoms with Gasteiger partial charge in [0, 0.05) is 20.5 Å². The Balaban J connectivity index is 1.86. The minimum atomic E-state index is 0.0723.